The summed E-state index contributed by atoms with van der Waals surface area (Å²) in [5.41, 5.74) is 0.425. The largest absolute Gasteiger partial charge is 0.507 e. The van der Waals surface area contributed by atoms with Gasteiger partial charge in [-0.2, -0.15) is 0 Å². The molecule has 0 atom stereocenters. The number of aromatic carboxylic acids is 2. The van der Waals surface area contributed by atoms with E-state index < -0.39 is 23.2 Å². The Hall–Kier alpha value is -5.26. The SMILES string of the molecule is CC(=Nc1ccc(C(=O)O)cc1)c1c(O)cc(C)oc1=O.CC(=Nc1ccc(C(=O)O)cc1)c1c(O)cc(C)oc1=O.[Mn]. The van der Waals surface area contributed by atoms with Crippen LogP contribution in [0.15, 0.2) is 89.1 Å². The number of carboxylic acid groups (broad SMARTS) is 2. The van der Waals surface area contributed by atoms with Crippen molar-refractivity contribution in [3.63, 3.8) is 0 Å². The summed E-state index contributed by atoms with van der Waals surface area (Å²) < 4.78 is 9.85. The van der Waals surface area contributed by atoms with Crippen LogP contribution in [-0.2, 0) is 17.1 Å². The number of benzene rings is 2. The van der Waals surface area contributed by atoms with Crippen LogP contribution in [0.3, 0.4) is 0 Å². The second kappa shape index (κ2) is 14.6. The maximum atomic E-state index is 11.8. The molecule has 43 heavy (non-hydrogen) atoms. The van der Waals surface area contributed by atoms with Gasteiger partial charge in [0.15, 0.2) is 0 Å². The molecule has 2 heterocycles. The Morgan fingerprint density at radius 2 is 0.930 bits per heavy atom. The van der Waals surface area contributed by atoms with E-state index in [9.17, 15) is 29.4 Å². The minimum Gasteiger partial charge on any atom is -0.507 e. The number of aryl methyl sites for hydroxylation is 2. The summed E-state index contributed by atoms with van der Waals surface area (Å²) in [5, 5.41) is 37.3. The van der Waals surface area contributed by atoms with Gasteiger partial charge < -0.3 is 29.3 Å². The third kappa shape index (κ3) is 8.86. The Morgan fingerprint density at radius 1 is 0.628 bits per heavy atom. The number of hydrogen-bond donors (Lipinski definition) is 4. The molecular weight excluding hydrogens is 603 g/mol. The van der Waals surface area contributed by atoms with Crippen molar-refractivity contribution in [2.24, 2.45) is 9.98 Å². The Balaban J connectivity index is 0.000000293. The molecule has 2 aromatic heterocycles. The van der Waals surface area contributed by atoms with Crippen molar-refractivity contribution in [2.75, 3.05) is 0 Å². The fourth-order valence-corrected chi connectivity index (χ4v) is 3.71. The minimum atomic E-state index is -1.03. The number of rotatable bonds is 6. The molecule has 13 heteroatoms. The van der Waals surface area contributed by atoms with Gasteiger partial charge in [0, 0.05) is 29.2 Å². The molecule has 0 aliphatic carbocycles. The Bertz CT molecular complexity index is 1690. The van der Waals surface area contributed by atoms with Crippen LogP contribution in [0.4, 0.5) is 11.4 Å². The predicted octanol–water partition coefficient (Wildman–Crippen LogP) is 4.98. The van der Waals surface area contributed by atoms with Crippen LogP contribution in [0, 0.1) is 13.8 Å². The zero-order chi connectivity index (χ0) is 31.1. The third-order valence-corrected chi connectivity index (χ3v) is 5.65. The van der Waals surface area contributed by atoms with Crippen LogP contribution in [0.1, 0.15) is 57.2 Å². The van der Waals surface area contributed by atoms with Gasteiger partial charge in [0.1, 0.15) is 34.1 Å². The smallest absolute Gasteiger partial charge is 0.348 e. The molecule has 4 N–H and O–H groups in total. The first-order valence-corrected chi connectivity index (χ1v) is 12.2. The summed E-state index contributed by atoms with van der Waals surface area (Å²) >= 11 is 0. The van der Waals surface area contributed by atoms with Gasteiger partial charge in [-0.3, -0.25) is 9.98 Å². The second-order valence-electron chi connectivity index (χ2n) is 8.91. The van der Waals surface area contributed by atoms with E-state index in [0.717, 1.165) is 0 Å². The van der Waals surface area contributed by atoms with Crippen molar-refractivity contribution >= 4 is 34.7 Å². The molecule has 0 spiro atoms. The summed E-state index contributed by atoms with van der Waals surface area (Å²) in [6, 6.07) is 14.4. The maximum Gasteiger partial charge on any atom is 0.348 e. The van der Waals surface area contributed by atoms with Gasteiger partial charge >= 0.3 is 23.2 Å². The van der Waals surface area contributed by atoms with Crippen LogP contribution >= 0.6 is 0 Å². The van der Waals surface area contributed by atoms with Crippen LogP contribution in [0.5, 0.6) is 11.5 Å². The number of hydrogen-bond acceptors (Lipinski definition) is 10. The molecule has 12 nitrogen and oxygen atoms in total. The van der Waals surface area contributed by atoms with Gasteiger partial charge in [0.25, 0.3) is 0 Å². The summed E-state index contributed by atoms with van der Waals surface area (Å²) in [5.74, 6) is -1.85. The topological polar surface area (TPSA) is 200 Å². The first-order chi connectivity index (χ1) is 19.8. The molecule has 2 aromatic carbocycles. The molecule has 0 amide bonds. The summed E-state index contributed by atoms with van der Waals surface area (Å²) in [4.78, 5) is 53.4. The Labute approximate surface area is 254 Å². The Kier molecular flexibility index (Phi) is 11.5. The second-order valence-corrected chi connectivity index (χ2v) is 8.91. The molecule has 1 radical (unpaired) electrons. The van der Waals surface area contributed by atoms with Gasteiger partial charge in [0.2, 0.25) is 0 Å². The van der Waals surface area contributed by atoms with Gasteiger partial charge in [0.05, 0.1) is 33.9 Å². The molecule has 4 aromatic rings. The van der Waals surface area contributed by atoms with E-state index in [4.69, 9.17) is 19.0 Å². The van der Waals surface area contributed by atoms with Gasteiger partial charge in [-0.1, -0.05) is 0 Å². The number of aliphatic imine (C=N–C) groups is 2. The van der Waals surface area contributed by atoms with Crippen LogP contribution in [-0.4, -0.2) is 43.8 Å². The molecule has 223 valence electrons. The molecule has 0 aliphatic rings. The van der Waals surface area contributed by atoms with E-state index in [1.54, 1.807) is 27.7 Å². The molecular formula is C30H26MnN2O10. The minimum absolute atomic E-state index is 0. The van der Waals surface area contributed by atoms with E-state index in [0.29, 0.717) is 22.9 Å². The maximum absolute atomic E-state index is 11.8. The molecule has 0 aliphatic heterocycles. The van der Waals surface area contributed by atoms with E-state index in [2.05, 4.69) is 9.98 Å². The van der Waals surface area contributed by atoms with Crippen LogP contribution in [0.25, 0.3) is 0 Å². The van der Waals surface area contributed by atoms with Crippen molar-refractivity contribution in [1.29, 1.82) is 0 Å². The standard InChI is InChI=1S/2C15H13NO5.Mn/c2*1-8-7-12(17)13(15(20)21-8)9(2)16-11-5-3-10(4-6-11)14(18)19;/h2*3-7,17H,1-2H3,(H,18,19);. The average Bonchev–Trinajstić information content (AvgIpc) is 2.88. The quantitative estimate of drug-likeness (QED) is 0.166. The molecule has 0 saturated carbocycles. The van der Waals surface area contributed by atoms with E-state index >= 15 is 0 Å². The van der Waals surface area contributed by atoms with Crippen molar-refractivity contribution < 1.29 is 55.9 Å². The summed E-state index contributed by atoms with van der Waals surface area (Å²) in [7, 11) is 0. The van der Waals surface area contributed by atoms with Crippen LogP contribution < -0.4 is 11.3 Å². The van der Waals surface area contributed by atoms with Gasteiger partial charge in [-0.05, 0) is 76.2 Å². The zero-order valence-corrected chi connectivity index (χ0v) is 24.5. The van der Waals surface area contributed by atoms with E-state index in [1.165, 1.54) is 60.7 Å². The number of aromatic hydroxyl groups is 2. The number of nitrogens with zero attached hydrogens (tertiary/aromatic N) is 2. The third-order valence-electron chi connectivity index (χ3n) is 5.65. The molecule has 0 bridgehead atoms. The Morgan fingerprint density at radius 3 is 1.19 bits per heavy atom. The normalized spacial score (nSPS) is 11.2. The monoisotopic (exact) mass is 629 g/mol. The molecule has 0 saturated heterocycles. The first kappa shape index (κ1) is 33.9. The predicted molar refractivity (Wildman–Crippen MR) is 153 cm³/mol. The van der Waals surface area contributed by atoms with Crippen molar-refractivity contribution in [1.82, 2.24) is 0 Å². The van der Waals surface area contributed by atoms with Crippen molar-refractivity contribution in [3.8, 4) is 11.5 Å². The van der Waals surface area contributed by atoms with Gasteiger partial charge in [-0.25, -0.2) is 19.2 Å². The summed E-state index contributed by atoms with van der Waals surface area (Å²) in [6.45, 7) is 6.24. The van der Waals surface area contributed by atoms with E-state index in [1.807, 2.05) is 0 Å². The molecule has 0 fully saturated rings. The average molecular weight is 629 g/mol. The zero-order valence-electron chi connectivity index (χ0n) is 23.3. The molecule has 4 rings (SSSR count). The van der Waals surface area contributed by atoms with Crippen molar-refractivity contribution in [2.45, 2.75) is 27.7 Å². The summed E-state index contributed by atoms with van der Waals surface area (Å²) in [6.07, 6.45) is 0. The van der Waals surface area contributed by atoms with Crippen molar-refractivity contribution in [3.05, 3.63) is 115 Å². The number of carbonyl (C=O) groups is 2. The fraction of sp³-hybridized carbons (Fsp3) is 0.133. The number of carboxylic acids is 2. The molecule has 0 unspecified atom stereocenters. The van der Waals surface area contributed by atoms with E-state index in [-0.39, 0.29) is 62.2 Å². The van der Waals surface area contributed by atoms with Gasteiger partial charge in [-0.15, -0.1) is 0 Å². The fourth-order valence-electron chi connectivity index (χ4n) is 3.71. The first-order valence-electron chi connectivity index (χ1n) is 12.2. The van der Waals surface area contributed by atoms with Crippen LogP contribution in [0.2, 0.25) is 0 Å².